The predicted octanol–water partition coefficient (Wildman–Crippen LogP) is 3.38. The summed E-state index contributed by atoms with van der Waals surface area (Å²) >= 11 is 0. The van der Waals surface area contributed by atoms with Crippen LogP contribution in [0.1, 0.15) is 23.2 Å². The Balaban J connectivity index is 1.35. The van der Waals surface area contributed by atoms with E-state index in [2.05, 4.69) is 15.6 Å². The second-order valence-corrected chi connectivity index (χ2v) is 7.20. The molecule has 6 heteroatoms. The van der Waals surface area contributed by atoms with Crippen molar-refractivity contribution < 1.29 is 14.3 Å². The molecular formula is C22H21N3O3. The molecule has 1 aliphatic carbocycles. The van der Waals surface area contributed by atoms with E-state index in [0.717, 1.165) is 35.2 Å². The van der Waals surface area contributed by atoms with Crippen LogP contribution in [0, 0.1) is 0 Å². The summed E-state index contributed by atoms with van der Waals surface area (Å²) in [6, 6.07) is 17.5. The lowest BCUT2D eigenvalue weighted by molar-refractivity contribution is 0.0952. The second-order valence-electron chi connectivity index (χ2n) is 7.20. The van der Waals surface area contributed by atoms with Crippen LogP contribution in [0.3, 0.4) is 0 Å². The van der Waals surface area contributed by atoms with E-state index in [1.807, 2.05) is 54.6 Å². The standard InChI is InChI=1S/C22H21N3O3/c26-22(24-14-9-10-14)17-11-21(25-18-6-2-1-5-16(17)18)23-12-15-13-27-19-7-3-4-8-20(19)28-15/h1-8,11,14-15H,9-10,12-13H2,(H,23,25)(H,24,26). The second kappa shape index (κ2) is 7.03. The number of anilines is 1. The molecule has 142 valence electrons. The molecule has 1 amide bonds. The molecule has 1 unspecified atom stereocenters. The lowest BCUT2D eigenvalue weighted by Gasteiger charge is -2.26. The number of rotatable bonds is 5. The average Bonchev–Trinajstić information content (AvgIpc) is 3.55. The Morgan fingerprint density at radius 1 is 1.07 bits per heavy atom. The van der Waals surface area contributed by atoms with Crippen molar-refractivity contribution in [3.8, 4) is 11.5 Å². The normalized spacial score (nSPS) is 17.9. The Hall–Kier alpha value is -3.28. The molecule has 0 bridgehead atoms. The lowest BCUT2D eigenvalue weighted by atomic mass is 10.1. The topological polar surface area (TPSA) is 72.5 Å². The Bertz CT molecular complexity index is 1030. The minimum Gasteiger partial charge on any atom is -0.486 e. The molecule has 1 fully saturated rings. The van der Waals surface area contributed by atoms with E-state index in [-0.39, 0.29) is 12.0 Å². The number of hydrogen-bond acceptors (Lipinski definition) is 5. The average molecular weight is 375 g/mol. The number of nitrogens with one attached hydrogen (secondary N) is 2. The third-order valence-corrected chi connectivity index (χ3v) is 4.95. The number of carbonyl (C=O) groups excluding carboxylic acids is 1. The highest BCUT2D eigenvalue weighted by atomic mass is 16.6. The summed E-state index contributed by atoms with van der Waals surface area (Å²) in [6.07, 6.45) is 1.98. The third-order valence-electron chi connectivity index (χ3n) is 4.95. The summed E-state index contributed by atoms with van der Waals surface area (Å²) in [7, 11) is 0. The number of ether oxygens (including phenoxy) is 2. The SMILES string of the molecule is O=C(NC1CC1)c1cc(NCC2COc3ccccc3O2)nc2ccccc12. The van der Waals surface area contributed by atoms with Gasteiger partial charge in [0.1, 0.15) is 18.5 Å². The van der Waals surface area contributed by atoms with Crippen molar-refractivity contribution in [3.05, 3.63) is 60.2 Å². The summed E-state index contributed by atoms with van der Waals surface area (Å²) < 4.78 is 11.7. The van der Waals surface area contributed by atoms with Crippen LogP contribution in [0.25, 0.3) is 10.9 Å². The van der Waals surface area contributed by atoms with Crippen LogP contribution < -0.4 is 20.1 Å². The number of nitrogens with zero attached hydrogens (tertiary/aromatic N) is 1. The molecule has 2 heterocycles. The number of benzene rings is 2. The number of hydrogen-bond donors (Lipinski definition) is 2. The van der Waals surface area contributed by atoms with Crippen molar-refractivity contribution >= 4 is 22.6 Å². The molecule has 2 aromatic carbocycles. The number of fused-ring (bicyclic) bond motifs is 2. The van der Waals surface area contributed by atoms with Gasteiger partial charge in [0.05, 0.1) is 17.6 Å². The molecule has 3 aromatic rings. The maximum Gasteiger partial charge on any atom is 0.252 e. The molecule has 2 N–H and O–H groups in total. The summed E-state index contributed by atoms with van der Waals surface area (Å²) in [4.78, 5) is 17.3. The van der Waals surface area contributed by atoms with Gasteiger partial charge in [-0.3, -0.25) is 4.79 Å². The molecule has 1 aliphatic heterocycles. The highest BCUT2D eigenvalue weighted by Crippen LogP contribution is 2.31. The van der Waals surface area contributed by atoms with Gasteiger partial charge in [-0.1, -0.05) is 30.3 Å². The van der Waals surface area contributed by atoms with Crippen LogP contribution in [0.5, 0.6) is 11.5 Å². The Morgan fingerprint density at radius 3 is 2.71 bits per heavy atom. The number of amides is 1. The van der Waals surface area contributed by atoms with Gasteiger partial charge < -0.3 is 20.1 Å². The highest BCUT2D eigenvalue weighted by molar-refractivity contribution is 6.07. The first kappa shape index (κ1) is 16.9. The first-order chi connectivity index (χ1) is 13.8. The van der Waals surface area contributed by atoms with Crippen molar-refractivity contribution in [2.24, 2.45) is 0 Å². The number of carbonyl (C=O) groups is 1. The van der Waals surface area contributed by atoms with Gasteiger partial charge in [0.2, 0.25) is 0 Å². The first-order valence-electron chi connectivity index (χ1n) is 9.59. The molecule has 6 nitrogen and oxygen atoms in total. The fraction of sp³-hybridized carbons (Fsp3) is 0.273. The van der Waals surface area contributed by atoms with E-state index < -0.39 is 0 Å². The fourth-order valence-electron chi connectivity index (χ4n) is 3.33. The molecule has 0 spiro atoms. The van der Waals surface area contributed by atoms with Crippen molar-refractivity contribution in [2.75, 3.05) is 18.5 Å². The Morgan fingerprint density at radius 2 is 1.86 bits per heavy atom. The third kappa shape index (κ3) is 3.45. The zero-order chi connectivity index (χ0) is 18.9. The minimum absolute atomic E-state index is 0.0460. The molecule has 1 aromatic heterocycles. The van der Waals surface area contributed by atoms with E-state index in [4.69, 9.17) is 9.47 Å². The van der Waals surface area contributed by atoms with E-state index in [1.165, 1.54) is 0 Å². The minimum atomic E-state index is -0.132. The lowest BCUT2D eigenvalue weighted by Crippen LogP contribution is -2.35. The van der Waals surface area contributed by atoms with Crippen LogP contribution in [-0.2, 0) is 0 Å². The van der Waals surface area contributed by atoms with Crippen LogP contribution in [0.2, 0.25) is 0 Å². The van der Waals surface area contributed by atoms with Gasteiger partial charge >= 0.3 is 0 Å². The molecule has 5 rings (SSSR count). The summed E-state index contributed by atoms with van der Waals surface area (Å²) in [5.41, 5.74) is 1.44. The molecule has 2 aliphatic rings. The van der Waals surface area contributed by atoms with Crippen molar-refractivity contribution in [1.82, 2.24) is 10.3 Å². The molecule has 1 atom stereocenters. The predicted molar refractivity (Wildman–Crippen MR) is 107 cm³/mol. The van der Waals surface area contributed by atoms with Gasteiger partial charge in [-0.05, 0) is 37.1 Å². The molecule has 0 saturated heterocycles. The van der Waals surface area contributed by atoms with E-state index in [9.17, 15) is 4.79 Å². The van der Waals surface area contributed by atoms with Crippen molar-refractivity contribution in [1.29, 1.82) is 0 Å². The van der Waals surface area contributed by atoms with Crippen LogP contribution in [0.4, 0.5) is 5.82 Å². The summed E-state index contributed by atoms with van der Waals surface area (Å²) in [6.45, 7) is 0.996. The molecule has 28 heavy (non-hydrogen) atoms. The van der Waals surface area contributed by atoms with Gasteiger partial charge in [-0.25, -0.2) is 4.98 Å². The quantitative estimate of drug-likeness (QED) is 0.715. The van der Waals surface area contributed by atoms with Gasteiger partial charge in [-0.15, -0.1) is 0 Å². The number of pyridine rings is 1. The Labute approximate surface area is 162 Å². The van der Waals surface area contributed by atoms with Crippen molar-refractivity contribution in [2.45, 2.75) is 25.0 Å². The van der Waals surface area contributed by atoms with Gasteiger partial charge in [-0.2, -0.15) is 0 Å². The van der Waals surface area contributed by atoms with Gasteiger partial charge in [0, 0.05) is 11.4 Å². The monoisotopic (exact) mass is 375 g/mol. The first-order valence-corrected chi connectivity index (χ1v) is 9.59. The highest BCUT2D eigenvalue weighted by Gasteiger charge is 2.25. The van der Waals surface area contributed by atoms with Crippen LogP contribution in [0.15, 0.2) is 54.6 Å². The van der Waals surface area contributed by atoms with E-state index in [0.29, 0.717) is 30.6 Å². The molecular weight excluding hydrogens is 354 g/mol. The van der Waals surface area contributed by atoms with E-state index in [1.54, 1.807) is 0 Å². The smallest absolute Gasteiger partial charge is 0.252 e. The number of para-hydroxylation sites is 3. The molecule has 0 radical (unpaired) electrons. The number of aromatic nitrogens is 1. The van der Waals surface area contributed by atoms with Gasteiger partial charge in [0.25, 0.3) is 5.91 Å². The summed E-state index contributed by atoms with van der Waals surface area (Å²) in [5.74, 6) is 2.12. The maximum absolute atomic E-state index is 12.7. The summed E-state index contributed by atoms with van der Waals surface area (Å²) in [5, 5.41) is 7.23. The van der Waals surface area contributed by atoms with Crippen LogP contribution >= 0.6 is 0 Å². The molecule has 1 saturated carbocycles. The van der Waals surface area contributed by atoms with Crippen molar-refractivity contribution in [3.63, 3.8) is 0 Å². The largest absolute Gasteiger partial charge is 0.486 e. The van der Waals surface area contributed by atoms with Gasteiger partial charge in [0.15, 0.2) is 11.5 Å². The van der Waals surface area contributed by atoms with E-state index >= 15 is 0 Å². The Kier molecular flexibility index (Phi) is 4.24. The fourth-order valence-corrected chi connectivity index (χ4v) is 3.33. The zero-order valence-electron chi connectivity index (χ0n) is 15.4. The zero-order valence-corrected chi connectivity index (χ0v) is 15.4. The van der Waals surface area contributed by atoms with Crippen LogP contribution in [-0.4, -0.2) is 36.2 Å². The maximum atomic E-state index is 12.7.